The van der Waals surface area contributed by atoms with Crippen molar-refractivity contribution >= 4 is 17.4 Å². The Labute approximate surface area is 171 Å². The Morgan fingerprint density at radius 2 is 1.55 bits per heavy atom. The van der Waals surface area contributed by atoms with E-state index in [1.54, 1.807) is 0 Å². The van der Waals surface area contributed by atoms with Crippen molar-refractivity contribution in [2.45, 2.75) is 25.2 Å². The Balaban J connectivity index is 1.58. The van der Waals surface area contributed by atoms with Crippen LogP contribution in [0.25, 0.3) is 5.70 Å². The molecule has 1 aliphatic rings. The summed E-state index contributed by atoms with van der Waals surface area (Å²) >= 11 is 0. The zero-order chi connectivity index (χ0) is 20.1. The summed E-state index contributed by atoms with van der Waals surface area (Å²) in [5.74, 6) is -0.384. The van der Waals surface area contributed by atoms with Crippen LogP contribution in [0.4, 0.5) is 5.69 Å². The largest absolute Gasteiger partial charge is 0.481 e. The molecular formula is C26H25NO2. The minimum Gasteiger partial charge on any atom is -0.481 e. The van der Waals surface area contributed by atoms with E-state index in [1.807, 2.05) is 6.07 Å². The van der Waals surface area contributed by atoms with Crippen LogP contribution in [0.2, 0.25) is 0 Å². The second-order valence-corrected chi connectivity index (χ2v) is 7.46. The number of anilines is 1. The molecule has 0 spiro atoms. The molecule has 1 atom stereocenters. The first-order chi connectivity index (χ1) is 14.2. The Kier molecular flexibility index (Phi) is 5.76. The molecule has 0 saturated carbocycles. The molecule has 0 bridgehead atoms. The number of hydrogen-bond acceptors (Lipinski definition) is 2. The molecule has 0 aromatic heterocycles. The van der Waals surface area contributed by atoms with Gasteiger partial charge >= 0.3 is 5.97 Å². The van der Waals surface area contributed by atoms with Gasteiger partial charge in [-0.15, -0.1) is 0 Å². The molecule has 1 heterocycles. The fourth-order valence-electron chi connectivity index (χ4n) is 3.92. The van der Waals surface area contributed by atoms with E-state index in [0.29, 0.717) is 12.3 Å². The number of carboxylic acid groups (broad SMARTS) is 1. The molecule has 3 heteroatoms. The highest BCUT2D eigenvalue weighted by Gasteiger charge is 2.26. The van der Waals surface area contributed by atoms with Crippen molar-refractivity contribution in [1.82, 2.24) is 0 Å². The maximum atomic E-state index is 10.7. The fraction of sp³-hybridized carbons (Fsp3) is 0.192. The Hall–Kier alpha value is -3.33. The van der Waals surface area contributed by atoms with Crippen LogP contribution in [-0.2, 0) is 11.2 Å². The van der Waals surface area contributed by atoms with Crippen molar-refractivity contribution in [3.8, 4) is 0 Å². The first-order valence-electron chi connectivity index (χ1n) is 10.1. The molecule has 29 heavy (non-hydrogen) atoms. The van der Waals surface area contributed by atoms with Crippen LogP contribution in [0.15, 0.2) is 91.0 Å². The summed E-state index contributed by atoms with van der Waals surface area (Å²) in [5.41, 5.74) is 6.13. The number of carboxylic acids is 1. The van der Waals surface area contributed by atoms with Gasteiger partial charge in [0, 0.05) is 30.3 Å². The number of carbonyl (C=O) groups is 1. The third kappa shape index (κ3) is 4.57. The number of hydrogen-bond donors (Lipinski definition) is 1. The summed E-state index contributed by atoms with van der Waals surface area (Å²) in [6.07, 6.45) is 4.04. The van der Waals surface area contributed by atoms with Crippen LogP contribution in [-0.4, -0.2) is 17.6 Å². The quantitative estimate of drug-likeness (QED) is 0.566. The van der Waals surface area contributed by atoms with Gasteiger partial charge in [-0.1, -0.05) is 78.9 Å². The number of aliphatic carboxylic acids is 1. The van der Waals surface area contributed by atoms with E-state index in [4.69, 9.17) is 5.11 Å². The van der Waals surface area contributed by atoms with Crippen LogP contribution in [0.3, 0.4) is 0 Å². The van der Waals surface area contributed by atoms with Crippen molar-refractivity contribution < 1.29 is 9.90 Å². The minimum absolute atomic E-state index is 0.216. The molecular weight excluding hydrogens is 358 g/mol. The molecule has 0 saturated heterocycles. The number of aryl methyl sites for hydroxylation is 1. The van der Waals surface area contributed by atoms with Gasteiger partial charge in [0.2, 0.25) is 0 Å². The highest BCUT2D eigenvalue weighted by Crippen LogP contribution is 2.37. The van der Waals surface area contributed by atoms with Crippen molar-refractivity contribution in [1.29, 1.82) is 0 Å². The molecule has 0 fully saturated rings. The second-order valence-electron chi connectivity index (χ2n) is 7.46. The first-order valence-corrected chi connectivity index (χ1v) is 10.1. The zero-order valence-corrected chi connectivity index (χ0v) is 16.4. The molecule has 1 aliphatic heterocycles. The predicted molar refractivity (Wildman–Crippen MR) is 118 cm³/mol. The van der Waals surface area contributed by atoms with Crippen LogP contribution in [0.1, 0.15) is 35.4 Å². The van der Waals surface area contributed by atoms with Crippen LogP contribution in [0, 0.1) is 0 Å². The van der Waals surface area contributed by atoms with Crippen LogP contribution >= 0.6 is 0 Å². The van der Waals surface area contributed by atoms with Gasteiger partial charge in [-0.05, 0) is 41.7 Å². The fourth-order valence-corrected chi connectivity index (χ4v) is 3.92. The molecule has 0 amide bonds. The highest BCUT2D eigenvalue weighted by molar-refractivity contribution is 5.82. The van der Waals surface area contributed by atoms with E-state index in [0.717, 1.165) is 13.0 Å². The second kappa shape index (κ2) is 8.78. The lowest BCUT2D eigenvalue weighted by molar-refractivity contribution is -0.137. The van der Waals surface area contributed by atoms with Crippen LogP contribution in [0.5, 0.6) is 0 Å². The summed E-state index contributed by atoms with van der Waals surface area (Å²) in [4.78, 5) is 13.1. The summed E-state index contributed by atoms with van der Waals surface area (Å²) < 4.78 is 0. The average Bonchev–Trinajstić information content (AvgIpc) is 3.21. The topological polar surface area (TPSA) is 40.5 Å². The van der Waals surface area contributed by atoms with Gasteiger partial charge in [0.05, 0.1) is 0 Å². The van der Waals surface area contributed by atoms with E-state index >= 15 is 0 Å². The first kappa shape index (κ1) is 19.0. The van der Waals surface area contributed by atoms with Crippen molar-refractivity contribution in [3.63, 3.8) is 0 Å². The van der Waals surface area contributed by atoms with E-state index in [-0.39, 0.29) is 6.42 Å². The van der Waals surface area contributed by atoms with Gasteiger partial charge in [-0.2, -0.15) is 0 Å². The highest BCUT2D eigenvalue weighted by atomic mass is 16.4. The number of nitrogens with zero attached hydrogens (tertiary/aromatic N) is 1. The summed E-state index contributed by atoms with van der Waals surface area (Å²) in [5, 5.41) is 8.82. The molecule has 0 radical (unpaired) electrons. The van der Waals surface area contributed by atoms with Gasteiger partial charge in [0.15, 0.2) is 0 Å². The number of benzene rings is 3. The monoisotopic (exact) mass is 383 g/mol. The lowest BCUT2D eigenvalue weighted by Crippen LogP contribution is -2.20. The number of rotatable bonds is 7. The lowest BCUT2D eigenvalue weighted by atomic mass is 10.00. The molecule has 0 aliphatic carbocycles. The SMILES string of the molecule is O=C(O)CCCc1ccc(N2CC(c3ccccc3)C=C2c2ccccc2)cc1. The van der Waals surface area contributed by atoms with Gasteiger partial charge in [-0.25, -0.2) is 0 Å². The van der Waals surface area contributed by atoms with E-state index in [2.05, 4.69) is 89.8 Å². The molecule has 3 aromatic rings. The zero-order valence-electron chi connectivity index (χ0n) is 16.4. The molecule has 1 unspecified atom stereocenters. The van der Waals surface area contributed by atoms with Crippen molar-refractivity contribution in [3.05, 3.63) is 108 Å². The Morgan fingerprint density at radius 3 is 2.21 bits per heavy atom. The third-order valence-electron chi connectivity index (χ3n) is 5.43. The van der Waals surface area contributed by atoms with E-state index in [1.165, 1.54) is 28.1 Å². The Morgan fingerprint density at radius 1 is 0.897 bits per heavy atom. The summed E-state index contributed by atoms with van der Waals surface area (Å²) in [7, 11) is 0. The van der Waals surface area contributed by atoms with Gasteiger partial charge in [-0.3, -0.25) is 4.79 Å². The summed E-state index contributed by atoms with van der Waals surface area (Å²) in [6.45, 7) is 0.909. The average molecular weight is 383 g/mol. The maximum Gasteiger partial charge on any atom is 0.303 e. The standard InChI is InChI=1S/C26H25NO2/c28-26(29)13-7-8-20-14-16-24(17-15-20)27-19-23(21-9-3-1-4-10-21)18-25(27)22-11-5-2-6-12-22/h1-6,9-12,14-18,23H,7-8,13,19H2,(H,28,29). The minimum atomic E-state index is -0.733. The van der Waals surface area contributed by atoms with Crippen molar-refractivity contribution in [2.24, 2.45) is 0 Å². The Bertz CT molecular complexity index is 978. The smallest absolute Gasteiger partial charge is 0.303 e. The van der Waals surface area contributed by atoms with Gasteiger partial charge in [0.25, 0.3) is 0 Å². The molecule has 3 nitrogen and oxygen atoms in total. The summed E-state index contributed by atoms with van der Waals surface area (Å²) in [6, 6.07) is 29.7. The predicted octanol–water partition coefficient (Wildman–Crippen LogP) is 5.74. The normalized spacial score (nSPS) is 15.9. The van der Waals surface area contributed by atoms with Gasteiger partial charge < -0.3 is 10.0 Å². The molecule has 3 aromatic carbocycles. The molecule has 1 N–H and O–H groups in total. The van der Waals surface area contributed by atoms with E-state index < -0.39 is 5.97 Å². The molecule has 4 rings (SSSR count). The van der Waals surface area contributed by atoms with Gasteiger partial charge in [0.1, 0.15) is 0 Å². The van der Waals surface area contributed by atoms with E-state index in [9.17, 15) is 4.79 Å². The van der Waals surface area contributed by atoms with Crippen LogP contribution < -0.4 is 4.90 Å². The third-order valence-corrected chi connectivity index (χ3v) is 5.43. The lowest BCUT2D eigenvalue weighted by Gasteiger charge is -2.24. The van der Waals surface area contributed by atoms with Crippen molar-refractivity contribution in [2.75, 3.05) is 11.4 Å². The maximum absolute atomic E-state index is 10.7. The molecule has 146 valence electrons.